The van der Waals surface area contributed by atoms with Crippen LogP contribution < -0.4 is 0 Å². The smallest absolute Gasteiger partial charge is 0.307 e. The van der Waals surface area contributed by atoms with Crippen LogP contribution in [0.1, 0.15) is 32.8 Å². The molecule has 0 radical (unpaired) electrons. The molecule has 0 N–H and O–H groups in total. The summed E-state index contributed by atoms with van der Waals surface area (Å²) in [4.78, 5) is 13.7. The fourth-order valence-corrected chi connectivity index (χ4v) is 2.08. The molecule has 0 saturated carbocycles. The zero-order valence-corrected chi connectivity index (χ0v) is 13.7. The molecule has 4 heteroatoms. The van der Waals surface area contributed by atoms with E-state index < -0.39 is 5.60 Å². The summed E-state index contributed by atoms with van der Waals surface area (Å²) < 4.78 is 6.38. The first-order valence-electron chi connectivity index (χ1n) is 6.42. The quantitative estimate of drug-likeness (QED) is 0.774. The van der Waals surface area contributed by atoms with E-state index in [9.17, 15) is 4.79 Å². The van der Waals surface area contributed by atoms with Crippen molar-refractivity contribution in [2.75, 3.05) is 13.6 Å². The highest BCUT2D eigenvalue weighted by Gasteiger charge is 2.16. The molecule has 19 heavy (non-hydrogen) atoms. The van der Waals surface area contributed by atoms with E-state index in [4.69, 9.17) is 4.74 Å². The largest absolute Gasteiger partial charge is 0.460 e. The fourth-order valence-electron chi connectivity index (χ4n) is 1.67. The number of rotatable bonds is 5. The minimum absolute atomic E-state index is 0.147. The Morgan fingerprint density at radius 3 is 2.53 bits per heavy atom. The molecule has 0 spiro atoms. The maximum Gasteiger partial charge on any atom is 0.307 e. The highest BCUT2D eigenvalue weighted by Crippen LogP contribution is 2.17. The van der Waals surface area contributed by atoms with Gasteiger partial charge in [-0.05, 0) is 39.4 Å². The van der Waals surface area contributed by atoms with E-state index in [1.807, 2.05) is 46.0 Å². The zero-order valence-electron chi connectivity index (χ0n) is 12.1. The SMILES string of the molecule is CN(CCC(=O)OC(C)(C)C)Cc1ccccc1Br. The number of carbonyl (C=O) groups excluding carboxylic acids is 1. The van der Waals surface area contributed by atoms with Gasteiger partial charge in [0.25, 0.3) is 0 Å². The summed E-state index contributed by atoms with van der Waals surface area (Å²) in [5.74, 6) is -0.147. The van der Waals surface area contributed by atoms with Crippen LogP contribution in [0.25, 0.3) is 0 Å². The van der Waals surface area contributed by atoms with E-state index in [0.717, 1.165) is 11.0 Å². The van der Waals surface area contributed by atoms with Crippen LogP contribution in [0.4, 0.5) is 0 Å². The molecule has 0 fully saturated rings. The highest BCUT2D eigenvalue weighted by molar-refractivity contribution is 9.10. The summed E-state index contributed by atoms with van der Waals surface area (Å²) in [6.07, 6.45) is 0.415. The average Bonchev–Trinajstić information content (AvgIpc) is 2.27. The molecule has 0 aliphatic heterocycles. The van der Waals surface area contributed by atoms with E-state index in [1.54, 1.807) is 0 Å². The third-order valence-corrected chi connectivity index (χ3v) is 3.29. The summed E-state index contributed by atoms with van der Waals surface area (Å²) in [7, 11) is 2.00. The molecule has 106 valence electrons. The van der Waals surface area contributed by atoms with Gasteiger partial charge in [0.15, 0.2) is 0 Å². The van der Waals surface area contributed by atoms with Crippen LogP contribution in [-0.2, 0) is 16.1 Å². The maximum atomic E-state index is 11.6. The van der Waals surface area contributed by atoms with Gasteiger partial charge in [0.1, 0.15) is 5.60 Å². The van der Waals surface area contributed by atoms with Crippen molar-refractivity contribution in [3.05, 3.63) is 34.3 Å². The number of hydrogen-bond acceptors (Lipinski definition) is 3. The molecule has 1 rings (SSSR count). The molecule has 0 amide bonds. The van der Waals surface area contributed by atoms with Gasteiger partial charge in [-0.2, -0.15) is 0 Å². The van der Waals surface area contributed by atoms with Crippen molar-refractivity contribution in [1.82, 2.24) is 4.90 Å². The van der Waals surface area contributed by atoms with Crippen LogP contribution in [0.3, 0.4) is 0 Å². The van der Waals surface area contributed by atoms with E-state index in [2.05, 4.69) is 26.9 Å². The number of hydrogen-bond donors (Lipinski definition) is 0. The standard InChI is InChI=1S/C15H22BrNO2/c1-15(2,3)19-14(18)9-10-17(4)11-12-7-5-6-8-13(12)16/h5-8H,9-11H2,1-4H3. The molecule has 0 aliphatic rings. The van der Waals surface area contributed by atoms with Crippen LogP contribution in [0.15, 0.2) is 28.7 Å². The van der Waals surface area contributed by atoms with Gasteiger partial charge in [0, 0.05) is 17.6 Å². The minimum Gasteiger partial charge on any atom is -0.460 e. The third kappa shape index (κ3) is 6.73. The van der Waals surface area contributed by atoms with Crippen LogP contribution in [-0.4, -0.2) is 30.1 Å². The van der Waals surface area contributed by atoms with Gasteiger partial charge in [0.2, 0.25) is 0 Å². The lowest BCUT2D eigenvalue weighted by Gasteiger charge is -2.21. The Kier molecular flexibility index (Phi) is 6.01. The number of carbonyl (C=O) groups is 1. The van der Waals surface area contributed by atoms with Gasteiger partial charge in [0.05, 0.1) is 6.42 Å². The van der Waals surface area contributed by atoms with Crippen molar-refractivity contribution in [2.45, 2.75) is 39.3 Å². The molecule has 0 aromatic heterocycles. The van der Waals surface area contributed by atoms with E-state index >= 15 is 0 Å². The Morgan fingerprint density at radius 1 is 1.32 bits per heavy atom. The van der Waals surface area contributed by atoms with Crippen LogP contribution in [0, 0.1) is 0 Å². The average molecular weight is 328 g/mol. The van der Waals surface area contributed by atoms with Gasteiger partial charge in [-0.1, -0.05) is 34.1 Å². The van der Waals surface area contributed by atoms with Crippen molar-refractivity contribution < 1.29 is 9.53 Å². The maximum absolute atomic E-state index is 11.6. The molecule has 3 nitrogen and oxygen atoms in total. The molecule has 0 atom stereocenters. The Labute approximate surface area is 124 Å². The Bertz CT molecular complexity index is 426. The predicted molar refractivity (Wildman–Crippen MR) is 80.9 cm³/mol. The van der Waals surface area contributed by atoms with E-state index in [1.165, 1.54) is 5.56 Å². The van der Waals surface area contributed by atoms with Gasteiger partial charge >= 0.3 is 5.97 Å². The van der Waals surface area contributed by atoms with Gasteiger partial charge < -0.3 is 9.64 Å². The first-order chi connectivity index (χ1) is 8.78. The van der Waals surface area contributed by atoms with E-state index in [0.29, 0.717) is 13.0 Å². The number of ether oxygens (including phenoxy) is 1. The minimum atomic E-state index is -0.405. The number of benzene rings is 1. The summed E-state index contributed by atoms with van der Waals surface area (Å²) in [5, 5.41) is 0. The molecule has 1 aromatic carbocycles. The summed E-state index contributed by atoms with van der Waals surface area (Å²) >= 11 is 3.53. The van der Waals surface area contributed by atoms with Crippen molar-refractivity contribution in [3.63, 3.8) is 0 Å². The first kappa shape index (κ1) is 16.2. The Hall–Kier alpha value is -0.870. The zero-order chi connectivity index (χ0) is 14.5. The molecule has 0 aliphatic carbocycles. The summed E-state index contributed by atoms with van der Waals surface area (Å²) in [6.45, 7) is 7.15. The fraction of sp³-hybridized carbons (Fsp3) is 0.533. The summed E-state index contributed by atoms with van der Waals surface area (Å²) in [6, 6.07) is 8.11. The van der Waals surface area contributed by atoms with Crippen LogP contribution in [0.5, 0.6) is 0 Å². The van der Waals surface area contributed by atoms with Crippen LogP contribution in [0.2, 0.25) is 0 Å². The third-order valence-electron chi connectivity index (χ3n) is 2.52. The number of esters is 1. The monoisotopic (exact) mass is 327 g/mol. The first-order valence-corrected chi connectivity index (χ1v) is 7.21. The van der Waals surface area contributed by atoms with Gasteiger partial charge in [-0.3, -0.25) is 4.79 Å². The van der Waals surface area contributed by atoms with Crippen molar-refractivity contribution in [2.24, 2.45) is 0 Å². The molecule has 1 aromatic rings. The Balaban J connectivity index is 2.38. The lowest BCUT2D eigenvalue weighted by Crippen LogP contribution is -2.27. The lowest BCUT2D eigenvalue weighted by molar-refractivity contribution is -0.155. The Morgan fingerprint density at radius 2 is 1.95 bits per heavy atom. The van der Waals surface area contributed by atoms with E-state index in [-0.39, 0.29) is 5.97 Å². The second-order valence-corrected chi connectivity index (χ2v) is 6.52. The second kappa shape index (κ2) is 7.06. The predicted octanol–water partition coefficient (Wildman–Crippen LogP) is 3.61. The molecular formula is C15H22BrNO2. The lowest BCUT2D eigenvalue weighted by atomic mass is 10.2. The van der Waals surface area contributed by atoms with Crippen molar-refractivity contribution in [3.8, 4) is 0 Å². The highest BCUT2D eigenvalue weighted by atomic mass is 79.9. The molecule has 0 saturated heterocycles. The summed E-state index contributed by atoms with van der Waals surface area (Å²) in [5.41, 5.74) is 0.812. The molecule has 0 bridgehead atoms. The second-order valence-electron chi connectivity index (χ2n) is 5.67. The van der Waals surface area contributed by atoms with Gasteiger partial charge in [-0.15, -0.1) is 0 Å². The normalized spacial score (nSPS) is 11.7. The van der Waals surface area contributed by atoms with Crippen molar-refractivity contribution in [1.29, 1.82) is 0 Å². The molecular weight excluding hydrogens is 306 g/mol. The number of nitrogens with zero attached hydrogens (tertiary/aromatic N) is 1. The molecule has 0 unspecified atom stereocenters. The van der Waals surface area contributed by atoms with Crippen molar-refractivity contribution >= 4 is 21.9 Å². The molecule has 0 heterocycles. The topological polar surface area (TPSA) is 29.5 Å². The van der Waals surface area contributed by atoms with Crippen LogP contribution >= 0.6 is 15.9 Å². The number of halogens is 1. The van der Waals surface area contributed by atoms with Gasteiger partial charge in [-0.25, -0.2) is 0 Å².